The van der Waals surface area contributed by atoms with Crippen LogP contribution in [0.4, 0.5) is 8.78 Å². The zero-order valence-electron chi connectivity index (χ0n) is 6.21. The lowest BCUT2D eigenvalue weighted by molar-refractivity contribution is 0.617. The molecular weight excluding hydrogens is 194 g/mol. The fraction of sp³-hybridized carbons (Fsp3) is 0. The number of hydrogen-bond acceptors (Lipinski definition) is 3. The molecule has 0 atom stereocenters. The highest BCUT2D eigenvalue weighted by Crippen LogP contribution is 2.26. The molecule has 0 radical (unpaired) electrons. The van der Waals surface area contributed by atoms with Gasteiger partial charge in [-0.05, 0) is 12.1 Å². The number of benzene rings is 1. The minimum Gasteiger partial charge on any atom is -0.223 e. The number of nitriles is 1. The largest absolute Gasteiger partial charge is 0.223 e. The van der Waals surface area contributed by atoms with Gasteiger partial charge in [-0.25, -0.2) is 13.8 Å². The Morgan fingerprint density at radius 1 is 1.31 bits per heavy atom. The second-order valence-electron chi connectivity index (χ2n) is 2.34. The highest BCUT2D eigenvalue weighted by Gasteiger charge is 2.11. The Balaban J connectivity index is 2.90. The van der Waals surface area contributed by atoms with Crippen molar-refractivity contribution in [3.05, 3.63) is 28.8 Å². The smallest absolute Gasteiger partial charge is 0.195 e. The van der Waals surface area contributed by atoms with Crippen LogP contribution in [0.1, 0.15) is 5.01 Å². The van der Waals surface area contributed by atoms with E-state index in [1.807, 2.05) is 0 Å². The molecule has 0 bridgehead atoms. The van der Waals surface area contributed by atoms with Gasteiger partial charge in [0, 0.05) is 0 Å². The van der Waals surface area contributed by atoms with Gasteiger partial charge in [0.15, 0.2) is 10.8 Å². The van der Waals surface area contributed by atoms with E-state index >= 15 is 0 Å². The Morgan fingerprint density at radius 3 is 2.62 bits per heavy atom. The summed E-state index contributed by atoms with van der Waals surface area (Å²) in [6, 6.07) is 3.77. The van der Waals surface area contributed by atoms with E-state index in [1.54, 1.807) is 6.07 Å². The predicted octanol–water partition coefficient (Wildman–Crippen LogP) is 2.45. The molecule has 2 rings (SSSR count). The van der Waals surface area contributed by atoms with Crippen molar-refractivity contribution in [2.24, 2.45) is 0 Å². The van der Waals surface area contributed by atoms with E-state index < -0.39 is 11.6 Å². The van der Waals surface area contributed by atoms with E-state index in [0.717, 1.165) is 23.5 Å². The average molecular weight is 196 g/mol. The quantitative estimate of drug-likeness (QED) is 0.648. The first-order valence-corrected chi connectivity index (χ1v) is 4.18. The molecule has 0 spiro atoms. The number of thiazole rings is 1. The maximum Gasteiger partial charge on any atom is 0.195 e. The molecule has 64 valence electrons. The van der Waals surface area contributed by atoms with Crippen LogP contribution in [-0.4, -0.2) is 4.98 Å². The van der Waals surface area contributed by atoms with Crippen LogP contribution in [0.25, 0.3) is 10.2 Å². The van der Waals surface area contributed by atoms with Gasteiger partial charge in [0.1, 0.15) is 17.4 Å². The summed E-state index contributed by atoms with van der Waals surface area (Å²) in [6.07, 6.45) is 0. The average Bonchev–Trinajstić information content (AvgIpc) is 2.56. The Bertz CT molecular complexity index is 474. The molecule has 0 fully saturated rings. The number of rotatable bonds is 0. The Kier molecular flexibility index (Phi) is 1.71. The van der Waals surface area contributed by atoms with Crippen LogP contribution in [-0.2, 0) is 0 Å². The van der Waals surface area contributed by atoms with Gasteiger partial charge in [-0.1, -0.05) is 0 Å². The Labute approximate surface area is 76.1 Å². The van der Waals surface area contributed by atoms with Crippen LogP contribution >= 0.6 is 11.3 Å². The molecule has 1 aromatic heterocycles. The Morgan fingerprint density at radius 2 is 2.00 bits per heavy atom. The third-order valence-electron chi connectivity index (χ3n) is 1.54. The van der Waals surface area contributed by atoms with Crippen LogP contribution in [0.3, 0.4) is 0 Å². The second-order valence-corrected chi connectivity index (χ2v) is 3.34. The van der Waals surface area contributed by atoms with Crippen LogP contribution in [0, 0.1) is 23.0 Å². The van der Waals surface area contributed by atoms with Crippen molar-refractivity contribution >= 4 is 21.6 Å². The van der Waals surface area contributed by atoms with Gasteiger partial charge >= 0.3 is 0 Å². The van der Waals surface area contributed by atoms with Crippen molar-refractivity contribution in [1.29, 1.82) is 5.26 Å². The zero-order chi connectivity index (χ0) is 9.42. The summed E-state index contributed by atoms with van der Waals surface area (Å²) in [5.41, 5.74) is -0.0680. The minimum absolute atomic E-state index is 0.0680. The lowest BCUT2D eigenvalue weighted by atomic mass is 10.3. The Hall–Kier alpha value is -1.54. The van der Waals surface area contributed by atoms with Gasteiger partial charge in [-0.3, -0.25) is 0 Å². The van der Waals surface area contributed by atoms with Crippen LogP contribution in [0.2, 0.25) is 0 Å². The molecule has 13 heavy (non-hydrogen) atoms. The highest BCUT2D eigenvalue weighted by atomic mass is 32.1. The van der Waals surface area contributed by atoms with Crippen LogP contribution in [0.5, 0.6) is 0 Å². The molecule has 0 saturated heterocycles. The number of hydrogen-bond donors (Lipinski definition) is 0. The van der Waals surface area contributed by atoms with Gasteiger partial charge < -0.3 is 0 Å². The summed E-state index contributed by atoms with van der Waals surface area (Å²) in [5.74, 6) is -1.15. The van der Waals surface area contributed by atoms with Crippen LogP contribution < -0.4 is 0 Å². The monoisotopic (exact) mass is 196 g/mol. The fourth-order valence-electron chi connectivity index (χ4n) is 0.993. The van der Waals surface area contributed by atoms with Crippen molar-refractivity contribution < 1.29 is 8.78 Å². The normalized spacial score (nSPS) is 10.2. The molecule has 0 aliphatic carbocycles. The molecule has 2 nitrogen and oxygen atoms in total. The van der Waals surface area contributed by atoms with Crippen molar-refractivity contribution in [2.45, 2.75) is 0 Å². The first kappa shape index (κ1) is 8.08. The lowest BCUT2D eigenvalue weighted by Crippen LogP contribution is -1.80. The first-order valence-electron chi connectivity index (χ1n) is 3.37. The van der Waals surface area contributed by atoms with E-state index in [4.69, 9.17) is 5.26 Å². The molecule has 0 unspecified atom stereocenters. The summed E-state index contributed by atoms with van der Waals surface area (Å²) in [4.78, 5) is 3.63. The topological polar surface area (TPSA) is 36.7 Å². The van der Waals surface area contributed by atoms with Crippen LogP contribution in [0.15, 0.2) is 12.1 Å². The lowest BCUT2D eigenvalue weighted by Gasteiger charge is -1.90. The van der Waals surface area contributed by atoms with Crippen molar-refractivity contribution in [1.82, 2.24) is 4.98 Å². The van der Waals surface area contributed by atoms with Gasteiger partial charge in [-0.2, -0.15) is 5.26 Å². The maximum atomic E-state index is 13.0. The standard InChI is InChI=1S/C8H2F2N2S/c9-4-1-2-5(10)8-7(4)12-6(3-11)13-8/h1-2H. The molecule has 1 heterocycles. The van der Waals surface area contributed by atoms with E-state index in [9.17, 15) is 8.78 Å². The molecule has 5 heteroatoms. The molecular formula is C8H2F2N2S. The summed E-state index contributed by atoms with van der Waals surface area (Å²) < 4.78 is 26.1. The SMILES string of the molecule is N#Cc1nc2c(F)ccc(F)c2s1. The van der Waals surface area contributed by atoms with Crippen molar-refractivity contribution in [2.75, 3.05) is 0 Å². The molecule has 0 saturated carbocycles. The summed E-state index contributed by atoms with van der Waals surface area (Å²) in [6.45, 7) is 0. The van der Waals surface area contributed by atoms with Crippen molar-refractivity contribution in [3.63, 3.8) is 0 Å². The van der Waals surface area contributed by atoms with E-state index in [2.05, 4.69) is 4.98 Å². The minimum atomic E-state index is -0.603. The summed E-state index contributed by atoms with van der Waals surface area (Å²) in [5, 5.41) is 8.54. The number of aromatic nitrogens is 1. The third-order valence-corrected chi connectivity index (χ3v) is 2.51. The molecule has 1 aromatic carbocycles. The van der Waals surface area contributed by atoms with E-state index in [1.165, 1.54) is 0 Å². The summed E-state index contributed by atoms with van der Waals surface area (Å²) >= 11 is 0.851. The highest BCUT2D eigenvalue weighted by molar-refractivity contribution is 7.19. The molecule has 0 N–H and O–H groups in total. The molecule has 0 amide bonds. The first-order chi connectivity index (χ1) is 6.22. The van der Waals surface area contributed by atoms with Gasteiger partial charge in [0.05, 0.1) is 4.70 Å². The van der Waals surface area contributed by atoms with E-state index in [0.29, 0.717) is 0 Å². The summed E-state index contributed by atoms with van der Waals surface area (Å²) in [7, 11) is 0. The van der Waals surface area contributed by atoms with Gasteiger partial charge in [0.25, 0.3) is 0 Å². The van der Waals surface area contributed by atoms with Crippen molar-refractivity contribution in [3.8, 4) is 6.07 Å². The number of fused-ring (bicyclic) bond motifs is 1. The molecule has 0 aliphatic rings. The fourth-order valence-corrected chi connectivity index (χ4v) is 1.77. The molecule has 0 aliphatic heterocycles. The zero-order valence-corrected chi connectivity index (χ0v) is 7.03. The third kappa shape index (κ3) is 1.15. The molecule has 2 aromatic rings. The predicted molar refractivity (Wildman–Crippen MR) is 44.3 cm³/mol. The number of nitrogens with zero attached hydrogens (tertiary/aromatic N) is 2. The number of halogens is 2. The van der Waals surface area contributed by atoms with Gasteiger partial charge in [0.2, 0.25) is 0 Å². The van der Waals surface area contributed by atoms with E-state index in [-0.39, 0.29) is 15.2 Å². The van der Waals surface area contributed by atoms with Gasteiger partial charge in [-0.15, -0.1) is 11.3 Å². The maximum absolute atomic E-state index is 13.0. The second kappa shape index (κ2) is 2.75.